The van der Waals surface area contributed by atoms with Crippen molar-refractivity contribution in [1.29, 1.82) is 0 Å². The van der Waals surface area contributed by atoms with E-state index in [0.717, 1.165) is 5.56 Å². The van der Waals surface area contributed by atoms with Crippen molar-refractivity contribution in [2.45, 2.75) is 39.0 Å². The van der Waals surface area contributed by atoms with Gasteiger partial charge in [-0.05, 0) is 26.3 Å². The van der Waals surface area contributed by atoms with Gasteiger partial charge in [-0.1, -0.05) is 30.3 Å². The molecule has 1 fully saturated rings. The zero-order valence-corrected chi connectivity index (χ0v) is 15.9. The lowest BCUT2D eigenvalue weighted by atomic mass is 10.2. The van der Waals surface area contributed by atoms with Gasteiger partial charge < -0.3 is 19.3 Å². The molecule has 2 amide bonds. The van der Waals surface area contributed by atoms with Crippen LogP contribution in [0.25, 0.3) is 0 Å². The average Bonchev–Trinajstić information content (AvgIpc) is 2.58. The highest BCUT2D eigenvalue weighted by Gasteiger charge is 2.34. The van der Waals surface area contributed by atoms with Crippen molar-refractivity contribution in [3.8, 4) is 0 Å². The van der Waals surface area contributed by atoms with Gasteiger partial charge in [0.2, 0.25) is 0 Å². The summed E-state index contributed by atoms with van der Waals surface area (Å²) in [5, 5.41) is 0. The van der Waals surface area contributed by atoms with E-state index in [-0.39, 0.29) is 24.8 Å². The lowest BCUT2D eigenvalue weighted by Gasteiger charge is -2.40. The number of carbonyl (C=O) groups is 2. The van der Waals surface area contributed by atoms with Gasteiger partial charge in [0.1, 0.15) is 12.2 Å². The van der Waals surface area contributed by atoms with Crippen LogP contribution in [0.3, 0.4) is 0 Å². The van der Waals surface area contributed by atoms with Crippen molar-refractivity contribution >= 4 is 24.8 Å². The molecule has 0 spiro atoms. The summed E-state index contributed by atoms with van der Waals surface area (Å²) in [5.41, 5.74) is 0.393. The second-order valence-electron chi connectivity index (χ2n) is 7.00. The van der Waals surface area contributed by atoms with Gasteiger partial charge in [-0.25, -0.2) is 9.59 Å². The molecule has 0 aliphatic carbocycles. The van der Waals surface area contributed by atoms with E-state index in [1.807, 2.05) is 51.1 Å². The second kappa shape index (κ2) is 8.47. The van der Waals surface area contributed by atoms with Crippen molar-refractivity contribution in [3.05, 3.63) is 35.9 Å². The molecule has 1 aliphatic rings. The van der Waals surface area contributed by atoms with E-state index in [1.165, 1.54) is 0 Å². The van der Waals surface area contributed by atoms with Gasteiger partial charge in [-0.2, -0.15) is 12.6 Å². The Morgan fingerprint density at radius 2 is 1.84 bits per heavy atom. The standard InChI is InChI=1S/C18H26N2O4S/c1-18(2,3)24-16(21)19-9-10-20(15(11-19)13-25)17(22)23-12-14-7-5-4-6-8-14/h4-8,15,25H,9-13H2,1-3H3/t15-/m1/s1. The molecular formula is C18H26N2O4S. The van der Waals surface area contributed by atoms with Crippen molar-refractivity contribution in [1.82, 2.24) is 9.80 Å². The van der Waals surface area contributed by atoms with Gasteiger partial charge in [-0.3, -0.25) is 0 Å². The van der Waals surface area contributed by atoms with Crippen LogP contribution < -0.4 is 0 Å². The maximum absolute atomic E-state index is 12.4. The number of piperazine rings is 1. The van der Waals surface area contributed by atoms with Crippen molar-refractivity contribution in [2.75, 3.05) is 25.4 Å². The molecule has 0 bridgehead atoms. The fraction of sp³-hybridized carbons (Fsp3) is 0.556. The van der Waals surface area contributed by atoms with E-state index in [4.69, 9.17) is 9.47 Å². The van der Waals surface area contributed by atoms with Crippen LogP contribution in [-0.2, 0) is 16.1 Å². The molecule has 1 aromatic carbocycles. The second-order valence-corrected chi connectivity index (χ2v) is 7.36. The van der Waals surface area contributed by atoms with E-state index >= 15 is 0 Å². The molecule has 0 unspecified atom stereocenters. The highest BCUT2D eigenvalue weighted by Crippen LogP contribution is 2.17. The minimum Gasteiger partial charge on any atom is -0.445 e. The van der Waals surface area contributed by atoms with E-state index in [0.29, 0.717) is 25.4 Å². The fourth-order valence-electron chi connectivity index (χ4n) is 2.55. The van der Waals surface area contributed by atoms with Crippen LogP contribution in [0.5, 0.6) is 0 Å². The number of hydrogen-bond acceptors (Lipinski definition) is 5. The normalized spacial score (nSPS) is 18.0. The van der Waals surface area contributed by atoms with Gasteiger partial charge in [-0.15, -0.1) is 0 Å². The Morgan fingerprint density at radius 1 is 1.16 bits per heavy atom. The molecule has 138 valence electrons. The predicted molar refractivity (Wildman–Crippen MR) is 98.8 cm³/mol. The molecule has 1 saturated heterocycles. The molecular weight excluding hydrogens is 340 g/mol. The van der Waals surface area contributed by atoms with Gasteiger partial charge in [0.25, 0.3) is 0 Å². The Kier molecular flexibility index (Phi) is 6.58. The van der Waals surface area contributed by atoms with Crippen LogP contribution in [0.15, 0.2) is 30.3 Å². The highest BCUT2D eigenvalue weighted by molar-refractivity contribution is 7.80. The van der Waals surface area contributed by atoms with E-state index in [2.05, 4.69) is 12.6 Å². The summed E-state index contributed by atoms with van der Waals surface area (Å²) in [6.07, 6.45) is -0.747. The molecule has 7 heteroatoms. The molecule has 0 N–H and O–H groups in total. The SMILES string of the molecule is CC(C)(C)OC(=O)N1CCN(C(=O)OCc2ccccc2)[C@@H](CS)C1. The van der Waals surface area contributed by atoms with Gasteiger partial charge >= 0.3 is 12.2 Å². The third kappa shape index (κ3) is 5.85. The Labute approximate surface area is 154 Å². The van der Waals surface area contributed by atoms with Crippen LogP contribution in [0.1, 0.15) is 26.3 Å². The van der Waals surface area contributed by atoms with E-state index in [9.17, 15) is 9.59 Å². The van der Waals surface area contributed by atoms with Gasteiger partial charge in [0.05, 0.1) is 6.04 Å². The molecule has 1 heterocycles. The van der Waals surface area contributed by atoms with Crippen LogP contribution in [-0.4, -0.2) is 59.0 Å². The summed E-state index contributed by atoms with van der Waals surface area (Å²) < 4.78 is 10.8. The van der Waals surface area contributed by atoms with Gasteiger partial charge in [0, 0.05) is 25.4 Å². The van der Waals surface area contributed by atoms with Crippen molar-refractivity contribution in [2.24, 2.45) is 0 Å². The zero-order valence-electron chi connectivity index (χ0n) is 15.0. The number of rotatable bonds is 3. The lowest BCUT2D eigenvalue weighted by Crippen LogP contribution is -2.58. The Morgan fingerprint density at radius 3 is 2.44 bits per heavy atom. The summed E-state index contributed by atoms with van der Waals surface area (Å²) in [6.45, 7) is 6.93. The van der Waals surface area contributed by atoms with Crippen molar-refractivity contribution in [3.63, 3.8) is 0 Å². The maximum Gasteiger partial charge on any atom is 0.410 e. The minimum absolute atomic E-state index is 0.201. The first-order chi connectivity index (χ1) is 11.8. The lowest BCUT2D eigenvalue weighted by molar-refractivity contribution is 0.00386. The van der Waals surface area contributed by atoms with Crippen LogP contribution >= 0.6 is 12.6 Å². The first-order valence-corrected chi connectivity index (χ1v) is 8.99. The smallest absolute Gasteiger partial charge is 0.410 e. The Bertz CT molecular complexity index is 588. The Balaban J connectivity index is 1.90. The summed E-state index contributed by atoms with van der Waals surface area (Å²) in [5.74, 6) is 0.444. The van der Waals surface area contributed by atoms with E-state index in [1.54, 1.807) is 9.80 Å². The van der Waals surface area contributed by atoms with Crippen LogP contribution in [0.4, 0.5) is 9.59 Å². The third-order valence-electron chi connectivity index (χ3n) is 3.78. The molecule has 1 atom stereocenters. The number of nitrogens with zero attached hydrogens (tertiary/aromatic N) is 2. The average molecular weight is 366 g/mol. The zero-order chi connectivity index (χ0) is 18.4. The fourth-order valence-corrected chi connectivity index (χ4v) is 2.86. The predicted octanol–water partition coefficient (Wildman–Crippen LogP) is 3.17. The quantitative estimate of drug-likeness (QED) is 0.835. The summed E-state index contributed by atoms with van der Waals surface area (Å²) in [7, 11) is 0. The van der Waals surface area contributed by atoms with Crippen LogP contribution in [0, 0.1) is 0 Å². The Hall–Kier alpha value is -1.89. The number of ether oxygens (including phenoxy) is 2. The minimum atomic E-state index is -0.542. The monoisotopic (exact) mass is 366 g/mol. The summed E-state index contributed by atoms with van der Waals surface area (Å²) in [4.78, 5) is 27.8. The summed E-state index contributed by atoms with van der Waals surface area (Å²) in [6, 6.07) is 9.33. The summed E-state index contributed by atoms with van der Waals surface area (Å²) >= 11 is 4.32. The first kappa shape index (κ1) is 19.4. The highest BCUT2D eigenvalue weighted by atomic mass is 32.1. The molecule has 0 saturated carbocycles. The molecule has 2 rings (SSSR count). The number of carbonyl (C=O) groups excluding carboxylic acids is 2. The van der Waals surface area contributed by atoms with Crippen LogP contribution in [0.2, 0.25) is 0 Å². The van der Waals surface area contributed by atoms with E-state index < -0.39 is 5.60 Å². The number of thiol groups is 1. The molecule has 1 aliphatic heterocycles. The third-order valence-corrected chi connectivity index (χ3v) is 4.21. The topological polar surface area (TPSA) is 59.1 Å². The largest absolute Gasteiger partial charge is 0.445 e. The van der Waals surface area contributed by atoms with Crippen molar-refractivity contribution < 1.29 is 19.1 Å². The molecule has 1 aromatic rings. The maximum atomic E-state index is 12.4. The number of benzene rings is 1. The van der Waals surface area contributed by atoms with Gasteiger partial charge in [0.15, 0.2) is 0 Å². The molecule has 0 aromatic heterocycles. The molecule has 0 radical (unpaired) electrons. The number of amides is 2. The molecule has 25 heavy (non-hydrogen) atoms. The number of hydrogen-bond donors (Lipinski definition) is 1. The first-order valence-electron chi connectivity index (χ1n) is 8.36. The molecule has 6 nitrogen and oxygen atoms in total.